The lowest BCUT2D eigenvalue weighted by atomic mass is 10.3. The Kier molecular flexibility index (Phi) is 2.68. The summed E-state index contributed by atoms with van der Waals surface area (Å²) in [5.74, 6) is -0.925. The van der Waals surface area contributed by atoms with E-state index in [-0.39, 0.29) is 11.5 Å². The minimum absolute atomic E-state index is 0.144. The van der Waals surface area contributed by atoms with Crippen LogP contribution in [0.25, 0.3) is 5.69 Å². The third-order valence-corrected chi connectivity index (χ3v) is 2.11. The fraction of sp³-hybridized carbons (Fsp3) is 0.0909. The van der Waals surface area contributed by atoms with Gasteiger partial charge in [-0.2, -0.15) is 0 Å². The van der Waals surface area contributed by atoms with Gasteiger partial charge in [-0.1, -0.05) is 12.1 Å². The highest BCUT2D eigenvalue weighted by Crippen LogP contribution is 2.13. The minimum atomic E-state index is -0.546. The van der Waals surface area contributed by atoms with Gasteiger partial charge in [0.25, 0.3) is 0 Å². The Morgan fingerprint density at radius 2 is 2.19 bits per heavy atom. The summed E-state index contributed by atoms with van der Waals surface area (Å²) in [7, 11) is 1.27. The summed E-state index contributed by atoms with van der Waals surface area (Å²) < 4.78 is 19.3. The lowest BCUT2D eigenvalue weighted by Crippen LogP contribution is -2.01. The zero-order valence-corrected chi connectivity index (χ0v) is 8.55. The van der Waals surface area contributed by atoms with E-state index >= 15 is 0 Å². The van der Waals surface area contributed by atoms with E-state index in [9.17, 15) is 9.18 Å². The van der Waals surface area contributed by atoms with Crippen molar-refractivity contribution < 1.29 is 13.9 Å². The molecule has 0 saturated heterocycles. The Bertz CT molecular complexity index is 522. The van der Waals surface area contributed by atoms with Crippen molar-refractivity contribution in [2.75, 3.05) is 7.11 Å². The third-order valence-electron chi connectivity index (χ3n) is 2.11. The van der Waals surface area contributed by atoms with Crippen LogP contribution in [-0.2, 0) is 4.74 Å². The first-order valence-corrected chi connectivity index (χ1v) is 4.59. The second kappa shape index (κ2) is 4.14. The Balaban J connectivity index is 2.39. The molecule has 0 atom stereocenters. The number of hydrogen-bond acceptors (Lipinski definition) is 3. The Morgan fingerprint density at radius 1 is 1.44 bits per heavy atom. The number of methoxy groups -OCH3 is 1. The van der Waals surface area contributed by atoms with Crippen molar-refractivity contribution in [2.24, 2.45) is 0 Å². The third kappa shape index (κ3) is 1.79. The summed E-state index contributed by atoms with van der Waals surface area (Å²) >= 11 is 0. The molecule has 82 valence electrons. The monoisotopic (exact) mass is 220 g/mol. The summed E-state index contributed by atoms with van der Waals surface area (Å²) in [4.78, 5) is 15.0. The summed E-state index contributed by atoms with van der Waals surface area (Å²) in [5.41, 5.74) is 0.482. The molecule has 0 saturated carbocycles. The molecule has 16 heavy (non-hydrogen) atoms. The number of nitrogens with zero attached hydrogens (tertiary/aromatic N) is 2. The number of aromatic nitrogens is 2. The summed E-state index contributed by atoms with van der Waals surface area (Å²) in [6.45, 7) is 0. The van der Waals surface area contributed by atoms with Crippen molar-refractivity contribution >= 4 is 5.97 Å². The van der Waals surface area contributed by atoms with Crippen LogP contribution < -0.4 is 0 Å². The highest BCUT2D eigenvalue weighted by atomic mass is 19.1. The van der Waals surface area contributed by atoms with Gasteiger partial charge in [0.15, 0.2) is 5.69 Å². The maximum Gasteiger partial charge on any atom is 0.358 e. The van der Waals surface area contributed by atoms with E-state index in [1.807, 2.05) is 0 Å². The number of halogens is 1. The molecule has 0 spiro atoms. The molecule has 0 aliphatic rings. The number of benzene rings is 1. The van der Waals surface area contributed by atoms with E-state index in [1.54, 1.807) is 18.2 Å². The van der Waals surface area contributed by atoms with Gasteiger partial charge in [0.2, 0.25) is 0 Å². The molecule has 1 heterocycles. The topological polar surface area (TPSA) is 44.1 Å². The molecular weight excluding hydrogens is 211 g/mol. The van der Waals surface area contributed by atoms with Crippen LogP contribution in [0.15, 0.2) is 36.8 Å². The molecule has 1 aromatic heterocycles. The van der Waals surface area contributed by atoms with Crippen LogP contribution in [0.3, 0.4) is 0 Å². The number of hydrogen-bond donors (Lipinski definition) is 0. The van der Waals surface area contributed by atoms with Crippen molar-refractivity contribution in [3.63, 3.8) is 0 Å². The molecule has 4 nitrogen and oxygen atoms in total. The molecule has 2 aromatic rings. The van der Waals surface area contributed by atoms with E-state index in [1.165, 1.54) is 30.3 Å². The number of esters is 1. The molecule has 0 fully saturated rings. The van der Waals surface area contributed by atoms with Crippen LogP contribution >= 0.6 is 0 Å². The average molecular weight is 220 g/mol. The smallest absolute Gasteiger partial charge is 0.358 e. The molecule has 2 rings (SSSR count). The van der Waals surface area contributed by atoms with Crippen LogP contribution in [0.4, 0.5) is 4.39 Å². The Morgan fingerprint density at radius 3 is 2.88 bits per heavy atom. The molecule has 1 aromatic carbocycles. The van der Waals surface area contributed by atoms with E-state index in [0.717, 1.165) is 0 Å². The van der Waals surface area contributed by atoms with Gasteiger partial charge in [0.1, 0.15) is 12.1 Å². The van der Waals surface area contributed by atoms with Gasteiger partial charge < -0.3 is 9.30 Å². The fourth-order valence-electron chi connectivity index (χ4n) is 1.33. The number of rotatable bonds is 2. The van der Waals surface area contributed by atoms with Crippen molar-refractivity contribution in [3.05, 3.63) is 48.3 Å². The van der Waals surface area contributed by atoms with Crippen LogP contribution in [0, 0.1) is 5.82 Å². The van der Waals surface area contributed by atoms with Crippen molar-refractivity contribution in [3.8, 4) is 5.69 Å². The first-order chi connectivity index (χ1) is 7.72. The largest absolute Gasteiger partial charge is 0.464 e. The van der Waals surface area contributed by atoms with Gasteiger partial charge in [-0.3, -0.25) is 0 Å². The molecule has 0 aliphatic carbocycles. The van der Waals surface area contributed by atoms with Crippen molar-refractivity contribution in [1.29, 1.82) is 0 Å². The first kappa shape index (κ1) is 10.4. The highest BCUT2D eigenvalue weighted by molar-refractivity contribution is 5.86. The lowest BCUT2D eigenvalue weighted by molar-refractivity contribution is 0.0594. The van der Waals surface area contributed by atoms with E-state index < -0.39 is 5.97 Å². The lowest BCUT2D eigenvalue weighted by Gasteiger charge is -2.01. The van der Waals surface area contributed by atoms with Gasteiger partial charge in [0, 0.05) is 6.20 Å². The predicted molar refractivity (Wildman–Crippen MR) is 54.9 cm³/mol. The number of carbonyl (C=O) groups excluding carboxylic acids is 1. The number of ether oxygens (including phenoxy) is 1. The standard InChI is InChI=1S/C11H9FN2O2/c1-16-11(15)9-6-14(7-13-9)10-5-3-2-4-8(10)12/h2-7H,1H3. The molecule has 0 aliphatic heterocycles. The van der Waals surface area contributed by atoms with Crippen LogP contribution in [-0.4, -0.2) is 22.6 Å². The number of para-hydroxylation sites is 1. The van der Waals surface area contributed by atoms with Crippen molar-refractivity contribution in [2.45, 2.75) is 0 Å². The quantitative estimate of drug-likeness (QED) is 0.725. The minimum Gasteiger partial charge on any atom is -0.464 e. The fourth-order valence-corrected chi connectivity index (χ4v) is 1.33. The summed E-state index contributed by atoms with van der Waals surface area (Å²) in [5, 5.41) is 0. The molecular formula is C11H9FN2O2. The molecule has 0 radical (unpaired) electrons. The molecule has 0 amide bonds. The van der Waals surface area contributed by atoms with E-state index in [2.05, 4.69) is 9.72 Å². The molecule has 0 bridgehead atoms. The highest BCUT2D eigenvalue weighted by Gasteiger charge is 2.11. The molecule has 5 heteroatoms. The second-order valence-electron chi connectivity index (χ2n) is 3.11. The van der Waals surface area contributed by atoms with Crippen molar-refractivity contribution in [1.82, 2.24) is 9.55 Å². The molecule has 0 unspecified atom stereocenters. The first-order valence-electron chi connectivity index (χ1n) is 4.59. The van der Waals surface area contributed by atoms with Gasteiger partial charge in [-0.15, -0.1) is 0 Å². The molecule has 0 N–H and O–H groups in total. The van der Waals surface area contributed by atoms with E-state index in [4.69, 9.17) is 0 Å². The summed E-state index contributed by atoms with van der Waals surface area (Å²) in [6, 6.07) is 6.23. The normalized spacial score (nSPS) is 10.1. The maximum atomic E-state index is 13.4. The Labute approximate surface area is 91.3 Å². The van der Waals surface area contributed by atoms with E-state index in [0.29, 0.717) is 5.69 Å². The Hall–Kier alpha value is -2.17. The van der Waals surface area contributed by atoms with Crippen LogP contribution in [0.5, 0.6) is 0 Å². The van der Waals surface area contributed by atoms with Gasteiger partial charge >= 0.3 is 5.97 Å². The van der Waals surface area contributed by atoms with Crippen LogP contribution in [0.2, 0.25) is 0 Å². The zero-order chi connectivity index (χ0) is 11.5. The van der Waals surface area contributed by atoms with Crippen LogP contribution in [0.1, 0.15) is 10.5 Å². The average Bonchev–Trinajstić information content (AvgIpc) is 2.78. The second-order valence-corrected chi connectivity index (χ2v) is 3.11. The van der Waals surface area contributed by atoms with Gasteiger partial charge in [-0.05, 0) is 12.1 Å². The zero-order valence-electron chi connectivity index (χ0n) is 8.55. The SMILES string of the molecule is COC(=O)c1cn(-c2ccccc2F)cn1. The number of imidazole rings is 1. The predicted octanol–water partition coefficient (Wildman–Crippen LogP) is 1.80. The summed E-state index contributed by atoms with van der Waals surface area (Å²) in [6.07, 6.45) is 2.79. The maximum absolute atomic E-state index is 13.4. The van der Waals surface area contributed by atoms with Gasteiger partial charge in [-0.25, -0.2) is 14.2 Å². The van der Waals surface area contributed by atoms with Gasteiger partial charge in [0.05, 0.1) is 12.8 Å². The number of carbonyl (C=O) groups is 1.